The Morgan fingerprint density at radius 1 is 0.833 bits per heavy atom. The van der Waals surface area contributed by atoms with E-state index in [0.29, 0.717) is 65.3 Å². The molecule has 0 radical (unpaired) electrons. The van der Waals surface area contributed by atoms with Crippen LogP contribution >= 0.6 is 7.82 Å². The first-order chi connectivity index (χ1) is 15.9. The van der Waals surface area contributed by atoms with Crippen molar-refractivity contribution in [1.29, 1.82) is 5.26 Å². The van der Waals surface area contributed by atoms with Crippen molar-refractivity contribution in [3.63, 3.8) is 0 Å². The minimum atomic E-state index is -4.18. The molecule has 30 heavy (non-hydrogen) atoms. The normalized spacial score (nSPS) is 15.1. The molecule has 178 valence electrons. The number of ether oxygens (including phenoxy) is 4. The van der Waals surface area contributed by atoms with E-state index in [1.807, 2.05) is 6.07 Å². The molecule has 0 aromatic heterocycles. The van der Waals surface area contributed by atoms with Crippen molar-refractivity contribution >= 4 is 7.82 Å². The Hall–Kier alpha value is -0.560. The van der Waals surface area contributed by atoms with Gasteiger partial charge >= 0.3 is 7.82 Å². The summed E-state index contributed by atoms with van der Waals surface area (Å²) < 4.78 is 66.0. The van der Waals surface area contributed by atoms with Gasteiger partial charge in [-0.2, -0.15) is 5.26 Å². The zero-order chi connectivity index (χ0) is 24.7. The van der Waals surface area contributed by atoms with Crippen LogP contribution in [-0.4, -0.2) is 71.0 Å². The molecular weight excluding hydrogens is 413 g/mol. The van der Waals surface area contributed by atoms with Crippen LogP contribution < -0.4 is 0 Å². The van der Waals surface area contributed by atoms with E-state index >= 15 is 0 Å². The average Bonchev–Trinajstić information content (AvgIpc) is 2.79. The predicted octanol–water partition coefficient (Wildman–Crippen LogP) is 3.71. The summed E-state index contributed by atoms with van der Waals surface area (Å²) in [4.78, 5) is 9.52. The van der Waals surface area contributed by atoms with E-state index in [1.54, 1.807) is 0 Å². The van der Waals surface area contributed by atoms with Gasteiger partial charge in [-0.1, -0.05) is 20.7 Å². The highest BCUT2D eigenvalue weighted by Crippen LogP contribution is 2.43. The quantitative estimate of drug-likeness (QED) is 0.192. The number of hydrogen-bond donors (Lipinski definition) is 1. The predicted molar refractivity (Wildman–Crippen MR) is 113 cm³/mol. The molecule has 0 saturated heterocycles. The fourth-order valence-corrected chi connectivity index (χ4v) is 3.05. The average molecular weight is 457 g/mol. The molecule has 0 amide bonds. The minimum Gasteiger partial charge on any atom is -0.381 e. The third-order valence-corrected chi connectivity index (χ3v) is 4.67. The van der Waals surface area contributed by atoms with Crippen molar-refractivity contribution < 1.29 is 41.6 Å². The molecule has 0 aliphatic heterocycles. The van der Waals surface area contributed by atoms with Crippen molar-refractivity contribution in [3.05, 3.63) is 0 Å². The number of hydrogen-bond acceptors (Lipinski definition) is 8. The summed E-state index contributed by atoms with van der Waals surface area (Å²) in [6, 6.07) is 1.81. The molecule has 9 nitrogen and oxygen atoms in total. The van der Waals surface area contributed by atoms with Gasteiger partial charge in [0.1, 0.15) is 0 Å². The van der Waals surface area contributed by atoms with E-state index in [2.05, 4.69) is 4.52 Å². The van der Waals surface area contributed by atoms with E-state index in [0.717, 1.165) is 0 Å². The van der Waals surface area contributed by atoms with Crippen molar-refractivity contribution in [2.75, 3.05) is 66.1 Å². The van der Waals surface area contributed by atoms with Crippen LogP contribution in [0.5, 0.6) is 0 Å². The first-order valence-corrected chi connectivity index (χ1v) is 11.6. The van der Waals surface area contributed by atoms with Crippen LogP contribution in [0.2, 0.25) is 0 Å². The highest BCUT2D eigenvalue weighted by Gasteiger charge is 2.32. The first kappa shape index (κ1) is 24.1. The Balaban J connectivity index is 4.66. The fourth-order valence-electron chi connectivity index (χ4n) is 2.30. The minimum absolute atomic E-state index is 0.00328. The maximum Gasteiger partial charge on any atom is 0.472 e. The van der Waals surface area contributed by atoms with Gasteiger partial charge in [0.25, 0.3) is 0 Å². The highest BCUT2D eigenvalue weighted by molar-refractivity contribution is 7.47. The van der Waals surface area contributed by atoms with E-state index < -0.39 is 13.2 Å². The van der Waals surface area contributed by atoms with Gasteiger partial charge in [-0.3, -0.25) is 9.05 Å². The molecule has 1 unspecified atom stereocenters. The van der Waals surface area contributed by atoms with Gasteiger partial charge in [-0.05, 0) is 25.7 Å². The largest absolute Gasteiger partial charge is 0.472 e. The van der Waals surface area contributed by atoms with Crippen molar-refractivity contribution in [1.82, 2.24) is 0 Å². The Morgan fingerprint density at radius 2 is 1.30 bits per heavy atom. The summed E-state index contributed by atoms with van der Waals surface area (Å²) >= 11 is 0. The lowest BCUT2D eigenvalue weighted by Crippen LogP contribution is -2.42. The lowest BCUT2D eigenvalue weighted by atomic mass is 9.92. The first-order valence-electron chi connectivity index (χ1n) is 12.2. The molecule has 0 bridgehead atoms. The van der Waals surface area contributed by atoms with E-state index in [1.165, 1.54) is 0 Å². The number of nitriles is 1. The van der Waals surface area contributed by atoms with E-state index in [-0.39, 0.29) is 53.5 Å². The molecule has 1 N–H and O–H groups in total. The smallest absolute Gasteiger partial charge is 0.381 e. The molecule has 0 aromatic rings. The summed E-state index contributed by atoms with van der Waals surface area (Å²) in [5.74, 6) is 0. The van der Waals surface area contributed by atoms with Crippen LogP contribution in [0.3, 0.4) is 0 Å². The fraction of sp³-hybridized carbons (Fsp3) is 0.950. The molecule has 0 aliphatic carbocycles. The van der Waals surface area contributed by atoms with Crippen molar-refractivity contribution in [2.45, 2.75) is 52.8 Å². The molecule has 0 heterocycles. The maximum absolute atomic E-state index is 11.7. The Bertz CT molecular complexity index is 511. The second-order valence-corrected chi connectivity index (χ2v) is 8.12. The van der Waals surface area contributed by atoms with Crippen LogP contribution in [0.1, 0.15) is 56.9 Å². The zero-order valence-electron chi connectivity index (χ0n) is 20.9. The molecule has 0 aliphatic rings. The Morgan fingerprint density at radius 3 is 1.77 bits per heavy atom. The third-order valence-electron chi connectivity index (χ3n) is 3.65. The number of rotatable bonds is 22. The van der Waals surface area contributed by atoms with Gasteiger partial charge < -0.3 is 23.8 Å². The number of phosphoric acid groups is 1. The molecule has 0 spiro atoms. The monoisotopic (exact) mass is 456 g/mol. The topological polar surface area (TPSA) is 116 Å². The molecular formula is C20H40NO8P. The third kappa shape index (κ3) is 16.2. The second kappa shape index (κ2) is 19.1. The van der Waals surface area contributed by atoms with Crippen LogP contribution in [0.4, 0.5) is 0 Å². The van der Waals surface area contributed by atoms with Gasteiger partial charge in [0.05, 0.1) is 57.5 Å². The summed E-state index contributed by atoms with van der Waals surface area (Å²) in [6.07, 6.45) is 2.19. The molecule has 0 aromatic carbocycles. The summed E-state index contributed by atoms with van der Waals surface area (Å²) in [6.45, 7) is 3.36. The van der Waals surface area contributed by atoms with Crippen LogP contribution in [-0.2, 0) is 32.6 Å². The molecule has 0 fully saturated rings. The maximum atomic E-state index is 11.7. The lowest BCUT2D eigenvalue weighted by Gasteiger charge is -2.33. The summed E-state index contributed by atoms with van der Waals surface area (Å²) in [5, 5.41) is 8.43. The lowest BCUT2D eigenvalue weighted by molar-refractivity contribution is -0.107. The van der Waals surface area contributed by atoms with Crippen LogP contribution in [0.15, 0.2) is 0 Å². The molecule has 0 rings (SSSR count). The van der Waals surface area contributed by atoms with E-state index in [9.17, 15) is 9.46 Å². The molecule has 10 heteroatoms. The van der Waals surface area contributed by atoms with Crippen LogP contribution in [0, 0.1) is 16.7 Å². The number of nitrogens with zero attached hydrogens (tertiary/aromatic N) is 1. The summed E-state index contributed by atoms with van der Waals surface area (Å²) in [7, 11) is -4.18. The van der Waals surface area contributed by atoms with Gasteiger partial charge in [0.15, 0.2) is 0 Å². The standard InChI is InChI=1S/C20H40NO8P/c1-4-10-24-16-20(17-25-11-5-2,18-26-12-6-3)19-27-13-8-15-29-30(22,23)28-14-7-9-21/h4-8,10-19H2,1-3H3,(H,22,23)/i1D,2D,3D. The number of phosphoric ester groups is 1. The molecule has 0 saturated carbocycles. The Kier molecular flexibility index (Phi) is 15.4. The molecule has 1 atom stereocenters. The Labute approximate surface area is 185 Å². The van der Waals surface area contributed by atoms with Crippen molar-refractivity contribution in [3.8, 4) is 6.07 Å². The summed E-state index contributed by atoms with van der Waals surface area (Å²) in [5.41, 5.74) is -0.598. The zero-order valence-corrected chi connectivity index (χ0v) is 18.8. The second-order valence-electron chi connectivity index (χ2n) is 6.67. The van der Waals surface area contributed by atoms with E-state index in [4.69, 9.17) is 32.8 Å². The highest BCUT2D eigenvalue weighted by atomic mass is 31.2. The van der Waals surface area contributed by atoms with Crippen molar-refractivity contribution in [2.24, 2.45) is 5.41 Å². The van der Waals surface area contributed by atoms with Gasteiger partial charge in [0.2, 0.25) is 0 Å². The van der Waals surface area contributed by atoms with Gasteiger partial charge in [0, 0.05) is 30.5 Å². The van der Waals surface area contributed by atoms with Gasteiger partial charge in [-0.25, -0.2) is 4.57 Å². The SMILES string of the molecule is [2H]CCCOCC(COCCC[2H])(COCCC[2H])COCCCOP(=O)(O)OCCC#N. The van der Waals surface area contributed by atoms with Crippen LogP contribution in [0.25, 0.3) is 0 Å². The van der Waals surface area contributed by atoms with Gasteiger partial charge in [-0.15, -0.1) is 0 Å².